The number of esters is 1. The maximum atomic E-state index is 13.4. The van der Waals surface area contributed by atoms with Gasteiger partial charge in [0.15, 0.2) is 35.6 Å². The van der Waals surface area contributed by atoms with E-state index in [0.29, 0.717) is 28.2 Å². The largest absolute Gasteiger partial charge is 0.502 e. The summed E-state index contributed by atoms with van der Waals surface area (Å²) in [4.78, 5) is 13.4. The minimum Gasteiger partial charge on any atom is -0.502 e. The Kier molecular flexibility index (Phi) is 6.83. The third-order valence-corrected chi connectivity index (χ3v) is 8.75. The van der Waals surface area contributed by atoms with Crippen LogP contribution in [-0.4, -0.2) is 92.5 Å². The average molecular weight is 589 g/mol. The number of aliphatic hydroxyl groups is 2. The smallest absolute Gasteiger partial charge is 0.310 e. The molecule has 4 heterocycles. The molecule has 0 amide bonds. The Bertz CT molecular complexity index is 1350. The number of hydrogen-bond acceptors (Lipinski definition) is 13. The first-order valence-electron chi connectivity index (χ1n) is 13.8. The predicted molar refractivity (Wildman–Crippen MR) is 138 cm³/mol. The summed E-state index contributed by atoms with van der Waals surface area (Å²) >= 11 is 0. The summed E-state index contributed by atoms with van der Waals surface area (Å²) in [7, 11) is 2.86. The molecule has 226 valence electrons. The number of aromatic hydroxyl groups is 1. The molecule has 2 aromatic rings. The molecule has 0 spiro atoms. The van der Waals surface area contributed by atoms with Gasteiger partial charge < -0.3 is 58.0 Å². The summed E-state index contributed by atoms with van der Waals surface area (Å²) in [5.41, 5.74) is 2.01. The number of phenolic OH excluding ortho intramolecular Hbond substituents is 1. The zero-order valence-electron chi connectivity index (χ0n) is 23.1. The molecule has 10 atom stereocenters. The van der Waals surface area contributed by atoms with E-state index in [1.165, 1.54) is 14.2 Å². The van der Waals surface area contributed by atoms with Gasteiger partial charge in [-0.25, -0.2) is 0 Å². The van der Waals surface area contributed by atoms with Crippen LogP contribution in [0.25, 0.3) is 0 Å². The molecule has 3 saturated heterocycles. The minimum absolute atomic E-state index is 0.0301. The lowest BCUT2D eigenvalue weighted by Gasteiger charge is -2.47. The summed E-state index contributed by atoms with van der Waals surface area (Å²) in [5.74, 6) is -1.02. The molecule has 5 aliphatic rings. The van der Waals surface area contributed by atoms with Crippen LogP contribution < -0.4 is 18.9 Å². The van der Waals surface area contributed by atoms with Crippen LogP contribution >= 0.6 is 0 Å². The fourth-order valence-electron chi connectivity index (χ4n) is 6.74. The van der Waals surface area contributed by atoms with Crippen molar-refractivity contribution in [2.45, 2.75) is 55.9 Å². The Hall–Kier alpha value is -3.33. The van der Waals surface area contributed by atoms with Gasteiger partial charge in [-0.3, -0.25) is 4.79 Å². The first kappa shape index (κ1) is 27.5. The van der Waals surface area contributed by atoms with E-state index >= 15 is 0 Å². The molecule has 0 saturated carbocycles. The van der Waals surface area contributed by atoms with E-state index in [-0.39, 0.29) is 37.3 Å². The van der Waals surface area contributed by atoms with Crippen molar-refractivity contribution in [3.05, 3.63) is 41.0 Å². The van der Waals surface area contributed by atoms with Crippen molar-refractivity contribution in [3.63, 3.8) is 0 Å². The van der Waals surface area contributed by atoms with Crippen molar-refractivity contribution in [1.82, 2.24) is 0 Å². The maximum Gasteiger partial charge on any atom is 0.310 e. The van der Waals surface area contributed by atoms with E-state index in [0.717, 1.165) is 0 Å². The summed E-state index contributed by atoms with van der Waals surface area (Å²) in [6, 6.07) is 6.93. The van der Waals surface area contributed by atoms with Crippen LogP contribution in [0.2, 0.25) is 0 Å². The van der Waals surface area contributed by atoms with Crippen LogP contribution in [0, 0.1) is 11.8 Å². The number of ether oxygens (including phenoxy) is 9. The highest BCUT2D eigenvalue weighted by Gasteiger charge is 2.56. The lowest BCUT2D eigenvalue weighted by molar-refractivity contribution is -0.364. The number of aliphatic hydroxyl groups excluding tert-OH is 2. The molecule has 1 aliphatic carbocycles. The normalized spacial score (nSPS) is 36.5. The number of phenols is 1. The van der Waals surface area contributed by atoms with Crippen LogP contribution in [0.15, 0.2) is 24.3 Å². The third kappa shape index (κ3) is 4.26. The lowest BCUT2D eigenvalue weighted by Crippen LogP contribution is -2.63. The molecule has 3 N–H and O–H groups in total. The lowest BCUT2D eigenvalue weighted by atomic mass is 9.66. The number of benzene rings is 2. The molecule has 2 aromatic carbocycles. The molecule has 0 aromatic heterocycles. The quantitative estimate of drug-likeness (QED) is 0.430. The van der Waals surface area contributed by atoms with Crippen molar-refractivity contribution in [2.24, 2.45) is 11.8 Å². The Balaban J connectivity index is 1.32. The van der Waals surface area contributed by atoms with Gasteiger partial charge in [-0.2, -0.15) is 0 Å². The number of carbonyl (C=O) groups excluding carboxylic acids is 1. The zero-order valence-corrected chi connectivity index (χ0v) is 23.1. The third-order valence-electron chi connectivity index (χ3n) is 8.75. The van der Waals surface area contributed by atoms with E-state index in [1.807, 2.05) is 0 Å². The van der Waals surface area contributed by atoms with E-state index in [9.17, 15) is 20.1 Å². The van der Waals surface area contributed by atoms with Crippen LogP contribution in [0.4, 0.5) is 0 Å². The maximum absolute atomic E-state index is 13.4. The standard InChI is InChI=1S/C29H32O13/c1-11-36-9-20-27(40-11)24(31)25(32)29(41-20)42-26-14-7-17-16(38-10-39-17)6-13(14)21(22-15(26)8-37-28(22)33)12-4-18(34-2)23(30)19(5-12)35-3/h4-7,11,15,20-22,24-27,29-32H,8-10H2,1-3H3/t11-,15+,20-,21-,22?,24-,25-,26-,27-,29-/m0/s1. The van der Waals surface area contributed by atoms with Crippen LogP contribution in [-0.2, 0) is 28.5 Å². The molecular formula is C29H32O13. The van der Waals surface area contributed by atoms with E-state index in [1.54, 1.807) is 31.2 Å². The first-order chi connectivity index (χ1) is 20.3. The first-order valence-corrected chi connectivity index (χ1v) is 13.8. The van der Waals surface area contributed by atoms with Gasteiger partial charge in [0.25, 0.3) is 0 Å². The van der Waals surface area contributed by atoms with Gasteiger partial charge in [0.2, 0.25) is 12.5 Å². The van der Waals surface area contributed by atoms with Crippen molar-refractivity contribution in [3.8, 4) is 28.7 Å². The van der Waals surface area contributed by atoms with E-state index in [4.69, 9.17) is 42.6 Å². The van der Waals surface area contributed by atoms with Crippen LogP contribution in [0.5, 0.6) is 28.7 Å². The second-order valence-corrected chi connectivity index (χ2v) is 11.0. The van der Waals surface area contributed by atoms with Gasteiger partial charge in [0.05, 0.1) is 39.5 Å². The van der Waals surface area contributed by atoms with Crippen LogP contribution in [0.1, 0.15) is 35.6 Å². The highest BCUT2D eigenvalue weighted by Crippen LogP contribution is 2.57. The Morgan fingerprint density at radius 1 is 0.881 bits per heavy atom. The fourth-order valence-corrected chi connectivity index (χ4v) is 6.74. The van der Waals surface area contributed by atoms with Crippen molar-refractivity contribution in [1.29, 1.82) is 0 Å². The van der Waals surface area contributed by atoms with Crippen molar-refractivity contribution < 1.29 is 62.7 Å². The molecule has 0 bridgehead atoms. The van der Waals surface area contributed by atoms with Crippen molar-refractivity contribution >= 4 is 5.97 Å². The van der Waals surface area contributed by atoms with Gasteiger partial charge in [0, 0.05) is 11.8 Å². The van der Waals surface area contributed by atoms with E-state index < -0.39 is 66.8 Å². The topological polar surface area (TPSA) is 161 Å². The van der Waals surface area contributed by atoms with Gasteiger partial charge in [0.1, 0.15) is 24.4 Å². The molecule has 7 rings (SSSR count). The second kappa shape index (κ2) is 10.4. The molecule has 13 heteroatoms. The number of cyclic esters (lactones) is 1. The Morgan fingerprint density at radius 3 is 2.26 bits per heavy atom. The summed E-state index contributed by atoms with van der Waals surface area (Å²) in [6.07, 6.45) is -6.80. The van der Waals surface area contributed by atoms with Gasteiger partial charge in [-0.15, -0.1) is 0 Å². The van der Waals surface area contributed by atoms with Gasteiger partial charge >= 0.3 is 5.97 Å². The average Bonchev–Trinajstić information content (AvgIpc) is 3.61. The number of methoxy groups -OCH3 is 2. The molecule has 0 radical (unpaired) electrons. The van der Waals surface area contributed by atoms with Gasteiger partial charge in [-0.05, 0) is 47.9 Å². The SMILES string of the molecule is COc1cc([C@H]2c3cc4c(cc3[C@H](O[C@@H]3O[C@H]5CO[C@H](C)O[C@@H]5[C@@H](O)[C@@H]3O)[C@@H]3COC(=O)C23)OCO4)cc(OC)c1O. The minimum atomic E-state index is -1.44. The molecule has 4 aliphatic heterocycles. The predicted octanol–water partition coefficient (Wildman–Crippen LogP) is 1.34. The highest BCUT2D eigenvalue weighted by atomic mass is 16.8. The Morgan fingerprint density at radius 2 is 1.57 bits per heavy atom. The van der Waals surface area contributed by atoms with E-state index in [2.05, 4.69) is 0 Å². The molecule has 13 nitrogen and oxygen atoms in total. The highest BCUT2D eigenvalue weighted by molar-refractivity contribution is 5.79. The van der Waals surface area contributed by atoms with Crippen LogP contribution in [0.3, 0.4) is 0 Å². The summed E-state index contributed by atoms with van der Waals surface area (Å²) < 4.78 is 51.5. The number of carbonyl (C=O) groups is 1. The number of rotatable bonds is 5. The molecular weight excluding hydrogens is 556 g/mol. The fraction of sp³-hybridized carbons (Fsp3) is 0.552. The van der Waals surface area contributed by atoms with Crippen molar-refractivity contribution in [2.75, 3.05) is 34.2 Å². The second-order valence-electron chi connectivity index (χ2n) is 11.0. The zero-order chi connectivity index (χ0) is 29.3. The molecule has 1 unspecified atom stereocenters. The molecule has 3 fully saturated rings. The van der Waals surface area contributed by atoms with Gasteiger partial charge in [-0.1, -0.05) is 0 Å². The molecule has 42 heavy (non-hydrogen) atoms. The summed E-state index contributed by atoms with van der Waals surface area (Å²) in [5, 5.41) is 32.5. The summed E-state index contributed by atoms with van der Waals surface area (Å²) in [6.45, 7) is 1.93. The number of fused-ring (bicyclic) bond motifs is 4. The number of hydrogen-bond donors (Lipinski definition) is 3. The Labute approximate surface area is 240 Å². The monoisotopic (exact) mass is 588 g/mol.